The van der Waals surface area contributed by atoms with Crippen molar-refractivity contribution in [1.82, 2.24) is 0 Å². The molecule has 3 nitrogen and oxygen atoms in total. The Labute approximate surface area is 107 Å². The largest absolute Gasteiger partial charge is 0.508 e. The van der Waals surface area contributed by atoms with Crippen molar-refractivity contribution in [3.05, 3.63) is 36.4 Å². The molecule has 2 aromatic carbocycles. The van der Waals surface area contributed by atoms with Crippen LogP contribution in [-0.4, -0.2) is 22.7 Å². The summed E-state index contributed by atoms with van der Waals surface area (Å²) in [7, 11) is -1.23. The lowest BCUT2D eigenvalue weighted by Gasteiger charge is -2.40. The Hall–Kier alpha value is -1.81. The van der Waals surface area contributed by atoms with Gasteiger partial charge in [-0.05, 0) is 48.9 Å². The van der Waals surface area contributed by atoms with Crippen LogP contribution < -0.4 is 5.32 Å². The Morgan fingerprint density at radius 1 is 0.833 bits per heavy atom. The van der Waals surface area contributed by atoms with E-state index >= 15 is 0 Å². The van der Waals surface area contributed by atoms with E-state index in [0.717, 1.165) is 21.2 Å². The van der Waals surface area contributed by atoms with Crippen molar-refractivity contribution < 1.29 is 10.2 Å². The van der Waals surface area contributed by atoms with E-state index in [-0.39, 0.29) is 11.5 Å². The molecule has 0 saturated heterocycles. The zero-order valence-electron chi connectivity index (χ0n) is 10.3. The van der Waals surface area contributed by atoms with Gasteiger partial charge in [0.1, 0.15) is 11.5 Å². The third-order valence-electron chi connectivity index (χ3n) is 3.30. The molecule has 4 heteroatoms. The molecule has 18 heavy (non-hydrogen) atoms. The van der Waals surface area contributed by atoms with Crippen LogP contribution >= 0.6 is 10.0 Å². The van der Waals surface area contributed by atoms with Gasteiger partial charge in [-0.1, -0.05) is 0 Å². The average Bonchev–Trinajstić information content (AvgIpc) is 2.32. The molecule has 0 amide bonds. The van der Waals surface area contributed by atoms with Crippen molar-refractivity contribution in [1.29, 1.82) is 0 Å². The molecule has 0 radical (unpaired) electrons. The highest BCUT2D eigenvalue weighted by Crippen LogP contribution is 2.65. The summed E-state index contributed by atoms with van der Waals surface area (Å²) >= 11 is 0. The highest BCUT2D eigenvalue weighted by atomic mass is 32.3. The fourth-order valence-electron chi connectivity index (χ4n) is 2.34. The molecular weight excluding hydrogens is 246 g/mol. The molecule has 0 saturated carbocycles. The van der Waals surface area contributed by atoms with Crippen molar-refractivity contribution in [3.63, 3.8) is 0 Å². The van der Waals surface area contributed by atoms with Crippen LogP contribution in [0, 0.1) is 0 Å². The monoisotopic (exact) mass is 261 g/mol. The van der Waals surface area contributed by atoms with E-state index in [2.05, 4.69) is 17.8 Å². The van der Waals surface area contributed by atoms with Gasteiger partial charge in [-0.15, -0.1) is 0 Å². The molecule has 1 aliphatic heterocycles. The van der Waals surface area contributed by atoms with Crippen molar-refractivity contribution in [2.45, 2.75) is 9.79 Å². The Balaban J connectivity index is 2.27. The van der Waals surface area contributed by atoms with Crippen LogP contribution in [0.4, 0.5) is 11.4 Å². The molecule has 0 spiro atoms. The first-order chi connectivity index (χ1) is 8.48. The number of fused-ring (bicyclic) bond motifs is 2. The Morgan fingerprint density at radius 3 is 1.72 bits per heavy atom. The fourth-order valence-corrected chi connectivity index (χ4v) is 4.74. The summed E-state index contributed by atoms with van der Waals surface area (Å²) in [4.78, 5) is 2.22. The summed E-state index contributed by atoms with van der Waals surface area (Å²) < 4.78 is 0. The second-order valence-electron chi connectivity index (χ2n) is 4.81. The summed E-state index contributed by atoms with van der Waals surface area (Å²) in [6, 6.07) is 10.8. The van der Waals surface area contributed by atoms with Gasteiger partial charge in [0.2, 0.25) is 0 Å². The smallest absolute Gasteiger partial charge is 0.116 e. The van der Waals surface area contributed by atoms with Gasteiger partial charge < -0.3 is 15.5 Å². The van der Waals surface area contributed by atoms with Gasteiger partial charge in [-0.3, -0.25) is 0 Å². The molecule has 0 aromatic heterocycles. The molecule has 2 aromatic rings. The van der Waals surface area contributed by atoms with E-state index in [1.54, 1.807) is 12.1 Å². The van der Waals surface area contributed by atoms with Gasteiger partial charge in [0.15, 0.2) is 0 Å². The molecule has 0 fully saturated rings. The number of nitrogens with one attached hydrogen (secondary N) is 1. The maximum Gasteiger partial charge on any atom is 0.116 e. The van der Waals surface area contributed by atoms with Gasteiger partial charge in [0.05, 0.1) is 11.4 Å². The molecule has 0 unspecified atom stereocenters. The number of phenolic OH excluding ortho intramolecular Hbond substituents is 2. The van der Waals surface area contributed by atoms with E-state index in [0.29, 0.717) is 0 Å². The Bertz CT molecular complexity index is 584. The first-order valence-corrected chi connectivity index (χ1v) is 8.10. The maximum absolute atomic E-state index is 9.66. The molecule has 94 valence electrons. The van der Waals surface area contributed by atoms with Crippen LogP contribution in [0.15, 0.2) is 46.2 Å². The minimum absolute atomic E-state index is 0.278. The fraction of sp³-hybridized carbons (Fsp3) is 0.143. The van der Waals surface area contributed by atoms with E-state index in [4.69, 9.17) is 0 Å². The topological polar surface area (TPSA) is 52.5 Å². The van der Waals surface area contributed by atoms with Crippen LogP contribution in [0.5, 0.6) is 11.5 Å². The highest BCUT2D eigenvalue weighted by molar-refractivity contribution is 8.33. The summed E-state index contributed by atoms with van der Waals surface area (Å²) in [6.07, 6.45) is 4.34. The average molecular weight is 261 g/mol. The number of rotatable bonds is 0. The minimum atomic E-state index is -1.23. The molecule has 0 aliphatic carbocycles. The van der Waals surface area contributed by atoms with Crippen LogP contribution in [-0.2, 0) is 0 Å². The van der Waals surface area contributed by atoms with Gasteiger partial charge in [-0.2, -0.15) is 10.0 Å². The molecule has 1 aliphatic rings. The molecular formula is C14H15NO2S. The predicted molar refractivity (Wildman–Crippen MR) is 75.5 cm³/mol. The number of benzene rings is 2. The van der Waals surface area contributed by atoms with Crippen molar-refractivity contribution in [2.75, 3.05) is 17.8 Å². The van der Waals surface area contributed by atoms with Gasteiger partial charge >= 0.3 is 0 Å². The standard InChI is InChI=1S/C14H15NO2S/c1-18(2)13-7-9(16)3-5-11(13)15-12-6-4-10(17)8-14(12)18/h3-8,15-17H,1-2H3. The second kappa shape index (κ2) is 3.59. The Morgan fingerprint density at radius 2 is 1.28 bits per heavy atom. The van der Waals surface area contributed by atoms with Crippen LogP contribution in [0.3, 0.4) is 0 Å². The van der Waals surface area contributed by atoms with Gasteiger partial charge in [0.25, 0.3) is 0 Å². The lowest BCUT2D eigenvalue weighted by Crippen LogP contribution is -2.10. The minimum Gasteiger partial charge on any atom is -0.508 e. The zero-order chi connectivity index (χ0) is 12.9. The molecule has 0 bridgehead atoms. The third-order valence-corrected chi connectivity index (χ3v) is 6.17. The summed E-state index contributed by atoms with van der Waals surface area (Å²) in [6.45, 7) is 0. The normalized spacial score (nSPS) is 17.2. The van der Waals surface area contributed by atoms with E-state index in [1.165, 1.54) is 0 Å². The van der Waals surface area contributed by atoms with E-state index < -0.39 is 10.0 Å². The molecule has 3 rings (SSSR count). The molecule has 1 heterocycles. The second-order valence-corrected chi connectivity index (χ2v) is 8.35. The lowest BCUT2D eigenvalue weighted by molar-refractivity contribution is 0.474. The van der Waals surface area contributed by atoms with E-state index in [9.17, 15) is 10.2 Å². The number of phenols is 2. The van der Waals surface area contributed by atoms with Gasteiger partial charge in [-0.25, -0.2) is 0 Å². The number of anilines is 2. The highest BCUT2D eigenvalue weighted by Gasteiger charge is 2.29. The summed E-state index contributed by atoms with van der Waals surface area (Å²) in [5.41, 5.74) is 2.07. The van der Waals surface area contributed by atoms with E-state index in [1.807, 2.05) is 24.3 Å². The number of hydrogen-bond acceptors (Lipinski definition) is 3. The maximum atomic E-state index is 9.66. The van der Waals surface area contributed by atoms with Crippen molar-refractivity contribution in [3.8, 4) is 11.5 Å². The molecule has 3 N–H and O–H groups in total. The van der Waals surface area contributed by atoms with Crippen molar-refractivity contribution in [2.24, 2.45) is 0 Å². The first kappa shape index (κ1) is 11.3. The summed E-state index contributed by atoms with van der Waals surface area (Å²) in [5, 5.41) is 22.7. The predicted octanol–water partition coefficient (Wildman–Crippen LogP) is 3.64. The zero-order valence-corrected chi connectivity index (χ0v) is 11.1. The van der Waals surface area contributed by atoms with Crippen LogP contribution in [0.2, 0.25) is 0 Å². The lowest BCUT2D eigenvalue weighted by atomic mass is 10.2. The number of hydrogen-bond donors (Lipinski definition) is 3. The quantitative estimate of drug-likeness (QED) is 0.635. The van der Waals surface area contributed by atoms with Gasteiger partial charge in [0, 0.05) is 9.79 Å². The van der Waals surface area contributed by atoms with Crippen LogP contribution in [0.25, 0.3) is 0 Å². The molecule has 0 atom stereocenters. The third kappa shape index (κ3) is 1.53. The SMILES string of the molecule is CS1(C)c2cc(O)ccc2Nc2ccc(O)cc21. The van der Waals surface area contributed by atoms with Crippen LogP contribution in [0.1, 0.15) is 0 Å². The van der Waals surface area contributed by atoms with Crippen molar-refractivity contribution >= 4 is 21.4 Å². The summed E-state index contributed by atoms with van der Waals surface area (Å²) in [5.74, 6) is 0.555. The first-order valence-electron chi connectivity index (χ1n) is 5.65. The number of aromatic hydroxyl groups is 2. The Kier molecular flexibility index (Phi) is 2.25.